The largest absolute Gasteiger partial charge is 0.383 e. The van der Waals surface area contributed by atoms with Crippen molar-refractivity contribution in [2.75, 3.05) is 38.3 Å². The van der Waals surface area contributed by atoms with Crippen LogP contribution in [0.25, 0.3) is 5.52 Å². The van der Waals surface area contributed by atoms with Gasteiger partial charge in [0.25, 0.3) is 0 Å². The van der Waals surface area contributed by atoms with E-state index in [2.05, 4.69) is 20.3 Å². The predicted octanol–water partition coefficient (Wildman–Crippen LogP) is 1.90. The standard InChI is InChI=1S/C15H22ClN5O/c1-11-9-13(16)21-14(11)15(18-10-19-21)20-6-3-12(4-7-20)17-5-8-22-2/h9-10,12,17H,3-8H2,1-2H3. The third-order valence-corrected chi connectivity index (χ3v) is 4.49. The van der Waals surface area contributed by atoms with Gasteiger partial charge in [0.1, 0.15) is 17.0 Å². The molecule has 0 amide bonds. The van der Waals surface area contributed by atoms with Gasteiger partial charge in [0.05, 0.1) is 6.61 Å². The Labute approximate surface area is 135 Å². The average Bonchev–Trinajstić information content (AvgIpc) is 2.83. The van der Waals surface area contributed by atoms with E-state index in [1.54, 1.807) is 18.0 Å². The second-order valence-electron chi connectivity index (χ2n) is 5.70. The molecule has 120 valence electrons. The fourth-order valence-electron chi connectivity index (χ4n) is 3.05. The van der Waals surface area contributed by atoms with Gasteiger partial charge in [0, 0.05) is 32.8 Å². The monoisotopic (exact) mass is 323 g/mol. The molecule has 1 N–H and O–H groups in total. The molecule has 2 aromatic rings. The van der Waals surface area contributed by atoms with Crippen molar-refractivity contribution >= 4 is 22.9 Å². The van der Waals surface area contributed by atoms with Crippen molar-refractivity contribution in [1.29, 1.82) is 0 Å². The minimum absolute atomic E-state index is 0.556. The molecule has 3 rings (SSSR count). The van der Waals surface area contributed by atoms with E-state index in [-0.39, 0.29) is 0 Å². The molecule has 0 unspecified atom stereocenters. The third kappa shape index (κ3) is 3.04. The van der Waals surface area contributed by atoms with Crippen molar-refractivity contribution in [3.63, 3.8) is 0 Å². The van der Waals surface area contributed by atoms with E-state index in [9.17, 15) is 0 Å². The molecule has 6 nitrogen and oxygen atoms in total. The van der Waals surface area contributed by atoms with Gasteiger partial charge in [-0.25, -0.2) is 9.50 Å². The number of methoxy groups -OCH3 is 1. The van der Waals surface area contributed by atoms with Gasteiger partial charge in [-0.3, -0.25) is 0 Å². The molecule has 2 aromatic heterocycles. The SMILES string of the molecule is COCCNC1CCN(c2ncnn3c(Cl)cc(C)c23)CC1. The highest BCUT2D eigenvalue weighted by Crippen LogP contribution is 2.28. The molecule has 1 saturated heterocycles. The summed E-state index contributed by atoms with van der Waals surface area (Å²) in [5, 5.41) is 8.41. The zero-order valence-corrected chi connectivity index (χ0v) is 13.8. The zero-order chi connectivity index (χ0) is 15.5. The molecule has 1 aliphatic rings. The molecule has 0 atom stereocenters. The Kier molecular flexibility index (Phi) is 4.81. The molecule has 22 heavy (non-hydrogen) atoms. The minimum Gasteiger partial charge on any atom is -0.383 e. The van der Waals surface area contributed by atoms with E-state index in [0.717, 1.165) is 56.0 Å². The summed E-state index contributed by atoms with van der Waals surface area (Å²) >= 11 is 6.22. The molecule has 1 aliphatic heterocycles. The number of hydrogen-bond donors (Lipinski definition) is 1. The Morgan fingerprint density at radius 1 is 1.41 bits per heavy atom. The Morgan fingerprint density at radius 2 is 2.18 bits per heavy atom. The van der Waals surface area contributed by atoms with Gasteiger partial charge < -0.3 is 15.0 Å². The van der Waals surface area contributed by atoms with Crippen molar-refractivity contribution < 1.29 is 4.74 Å². The lowest BCUT2D eigenvalue weighted by molar-refractivity contribution is 0.193. The molecule has 0 radical (unpaired) electrons. The maximum absolute atomic E-state index is 6.22. The van der Waals surface area contributed by atoms with Gasteiger partial charge in [-0.1, -0.05) is 11.6 Å². The van der Waals surface area contributed by atoms with E-state index in [1.807, 2.05) is 13.0 Å². The molecule has 7 heteroatoms. The first kappa shape index (κ1) is 15.5. The highest BCUT2D eigenvalue weighted by Gasteiger charge is 2.22. The van der Waals surface area contributed by atoms with Crippen molar-refractivity contribution in [3.8, 4) is 0 Å². The number of anilines is 1. The molecule has 3 heterocycles. The topological polar surface area (TPSA) is 54.7 Å². The molecular formula is C15H22ClN5O. The number of nitrogens with one attached hydrogen (secondary N) is 1. The Hall–Kier alpha value is -1.37. The number of fused-ring (bicyclic) bond motifs is 1. The van der Waals surface area contributed by atoms with Crippen LogP contribution >= 0.6 is 11.6 Å². The van der Waals surface area contributed by atoms with Crippen LogP contribution in [0.15, 0.2) is 12.4 Å². The minimum atomic E-state index is 0.556. The number of ether oxygens (including phenoxy) is 1. The molecular weight excluding hydrogens is 302 g/mol. The summed E-state index contributed by atoms with van der Waals surface area (Å²) in [4.78, 5) is 6.83. The summed E-state index contributed by atoms with van der Waals surface area (Å²) in [6.07, 6.45) is 3.79. The van der Waals surface area contributed by atoms with Crippen molar-refractivity contribution in [1.82, 2.24) is 19.9 Å². The lowest BCUT2D eigenvalue weighted by atomic mass is 10.0. The summed E-state index contributed by atoms with van der Waals surface area (Å²) in [7, 11) is 1.73. The fraction of sp³-hybridized carbons (Fsp3) is 0.600. The summed E-state index contributed by atoms with van der Waals surface area (Å²) < 4.78 is 6.85. The first-order chi connectivity index (χ1) is 10.7. The normalized spacial score (nSPS) is 16.6. The summed E-state index contributed by atoms with van der Waals surface area (Å²) in [5.74, 6) is 0.981. The maximum atomic E-state index is 6.22. The van der Waals surface area contributed by atoms with Crippen LogP contribution in [0.3, 0.4) is 0 Å². The Bertz CT molecular complexity index is 636. The fourth-order valence-corrected chi connectivity index (χ4v) is 3.34. The van der Waals surface area contributed by atoms with Crippen LogP contribution in [0, 0.1) is 6.92 Å². The molecule has 0 aromatic carbocycles. The average molecular weight is 324 g/mol. The van der Waals surface area contributed by atoms with Gasteiger partial charge in [-0.15, -0.1) is 0 Å². The molecule has 0 bridgehead atoms. The number of nitrogens with zero attached hydrogens (tertiary/aromatic N) is 4. The van der Waals surface area contributed by atoms with E-state index >= 15 is 0 Å². The lowest BCUT2D eigenvalue weighted by Gasteiger charge is -2.33. The maximum Gasteiger partial charge on any atom is 0.156 e. The molecule has 0 spiro atoms. The van der Waals surface area contributed by atoms with E-state index < -0.39 is 0 Å². The van der Waals surface area contributed by atoms with Crippen LogP contribution in [0.4, 0.5) is 5.82 Å². The Morgan fingerprint density at radius 3 is 2.91 bits per heavy atom. The van der Waals surface area contributed by atoms with Crippen LogP contribution in [0.5, 0.6) is 0 Å². The predicted molar refractivity (Wildman–Crippen MR) is 87.8 cm³/mol. The molecule has 1 fully saturated rings. The molecule has 0 saturated carbocycles. The number of piperidine rings is 1. The Balaban J connectivity index is 1.71. The number of hydrogen-bond acceptors (Lipinski definition) is 5. The number of rotatable bonds is 5. The van der Waals surface area contributed by atoms with Crippen molar-refractivity contribution in [3.05, 3.63) is 23.1 Å². The van der Waals surface area contributed by atoms with Gasteiger partial charge in [0.15, 0.2) is 5.82 Å². The number of aromatic nitrogens is 3. The smallest absolute Gasteiger partial charge is 0.156 e. The second-order valence-corrected chi connectivity index (χ2v) is 6.09. The zero-order valence-electron chi connectivity index (χ0n) is 13.0. The molecule has 0 aliphatic carbocycles. The first-order valence-electron chi connectivity index (χ1n) is 7.67. The summed E-state index contributed by atoms with van der Waals surface area (Å²) in [6, 6.07) is 2.49. The van der Waals surface area contributed by atoms with E-state index in [4.69, 9.17) is 16.3 Å². The third-order valence-electron chi connectivity index (χ3n) is 4.22. The van der Waals surface area contributed by atoms with Gasteiger partial charge in [-0.05, 0) is 31.4 Å². The van der Waals surface area contributed by atoms with Crippen molar-refractivity contribution in [2.24, 2.45) is 0 Å². The van der Waals surface area contributed by atoms with Crippen LogP contribution in [0.2, 0.25) is 5.15 Å². The van der Waals surface area contributed by atoms with Gasteiger partial charge >= 0.3 is 0 Å². The summed E-state index contributed by atoms with van der Waals surface area (Å²) in [5.41, 5.74) is 2.12. The van der Waals surface area contributed by atoms with Crippen LogP contribution in [-0.4, -0.2) is 54.0 Å². The first-order valence-corrected chi connectivity index (χ1v) is 8.04. The lowest BCUT2D eigenvalue weighted by Crippen LogP contribution is -2.43. The van der Waals surface area contributed by atoms with E-state index in [0.29, 0.717) is 11.2 Å². The number of aryl methyl sites for hydroxylation is 1. The summed E-state index contributed by atoms with van der Waals surface area (Å²) in [6.45, 7) is 5.69. The van der Waals surface area contributed by atoms with Crippen LogP contribution in [-0.2, 0) is 4.74 Å². The number of halogens is 1. The quantitative estimate of drug-likeness (QED) is 0.852. The van der Waals surface area contributed by atoms with Crippen LogP contribution < -0.4 is 10.2 Å². The van der Waals surface area contributed by atoms with Crippen molar-refractivity contribution in [2.45, 2.75) is 25.8 Å². The highest BCUT2D eigenvalue weighted by molar-refractivity contribution is 6.30. The highest BCUT2D eigenvalue weighted by atomic mass is 35.5. The van der Waals surface area contributed by atoms with Crippen LogP contribution in [0.1, 0.15) is 18.4 Å². The van der Waals surface area contributed by atoms with Gasteiger partial charge in [0.2, 0.25) is 0 Å². The van der Waals surface area contributed by atoms with E-state index in [1.165, 1.54) is 0 Å². The second kappa shape index (κ2) is 6.81. The van der Waals surface area contributed by atoms with Gasteiger partial charge in [-0.2, -0.15) is 5.10 Å².